The fourth-order valence-electron chi connectivity index (χ4n) is 4.48. The number of ether oxygens (including phenoxy) is 2. The number of methoxy groups -OCH3 is 1. The molecule has 1 aliphatic heterocycles. The molecule has 0 radical (unpaired) electrons. The standard InChI is InChI=1S/C29H29ClN4O4/c1-19-5-3-6-21(15-19)28-32-27(38-33-28)18-34-13-11-20(12-14-34)29(35)31-25-16-22(30)9-10-26(25)37-24-8-4-7-23(17-24)36-2/h3-10,15-17,20H,11-14,18H2,1-2H3,(H,31,35). The lowest BCUT2D eigenvalue weighted by atomic mass is 9.96. The van der Waals surface area contributed by atoms with E-state index in [4.69, 9.17) is 25.6 Å². The van der Waals surface area contributed by atoms with Gasteiger partial charge in [0.15, 0.2) is 5.75 Å². The van der Waals surface area contributed by atoms with Gasteiger partial charge in [-0.25, -0.2) is 0 Å². The van der Waals surface area contributed by atoms with Crippen molar-refractivity contribution in [3.8, 4) is 28.6 Å². The van der Waals surface area contributed by atoms with Gasteiger partial charge in [0, 0.05) is 22.6 Å². The summed E-state index contributed by atoms with van der Waals surface area (Å²) in [7, 11) is 1.60. The number of rotatable bonds is 8. The summed E-state index contributed by atoms with van der Waals surface area (Å²) in [5.74, 6) is 2.77. The Labute approximate surface area is 226 Å². The summed E-state index contributed by atoms with van der Waals surface area (Å²) in [6, 6.07) is 20.5. The molecule has 1 aromatic heterocycles. The van der Waals surface area contributed by atoms with Crippen LogP contribution in [0.3, 0.4) is 0 Å². The van der Waals surface area contributed by atoms with Gasteiger partial charge >= 0.3 is 0 Å². The SMILES string of the molecule is COc1cccc(Oc2ccc(Cl)cc2NC(=O)C2CCN(Cc3nc(-c4cccc(C)c4)no3)CC2)c1. The molecule has 0 bridgehead atoms. The van der Waals surface area contributed by atoms with Crippen molar-refractivity contribution in [2.24, 2.45) is 5.92 Å². The molecule has 5 rings (SSSR count). The lowest BCUT2D eigenvalue weighted by Gasteiger charge is -2.30. The Balaban J connectivity index is 1.17. The number of piperidine rings is 1. The number of benzene rings is 3. The molecule has 2 heterocycles. The molecular weight excluding hydrogens is 504 g/mol. The molecule has 1 amide bonds. The average molecular weight is 533 g/mol. The van der Waals surface area contributed by atoms with E-state index in [1.807, 2.05) is 49.4 Å². The van der Waals surface area contributed by atoms with Gasteiger partial charge in [0.05, 0.1) is 19.3 Å². The molecule has 3 aromatic carbocycles. The van der Waals surface area contributed by atoms with E-state index in [1.165, 1.54) is 0 Å². The van der Waals surface area contributed by atoms with E-state index in [1.54, 1.807) is 31.4 Å². The number of aryl methyl sites for hydroxylation is 1. The highest BCUT2D eigenvalue weighted by Gasteiger charge is 2.27. The van der Waals surface area contributed by atoms with Crippen LogP contribution in [0.2, 0.25) is 5.02 Å². The lowest BCUT2D eigenvalue weighted by molar-refractivity contribution is -0.121. The van der Waals surface area contributed by atoms with Crippen molar-refractivity contribution in [3.63, 3.8) is 0 Å². The van der Waals surface area contributed by atoms with Gasteiger partial charge in [-0.05, 0) is 69.3 Å². The summed E-state index contributed by atoms with van der Waals surface area (Å²) in [6.07, 6.45) is 1.44. The Hall–Kier alpha value is -3.88. The molecule has 0 aliphatic carbocycles. The Morgan fingerprint density at radius 2 is 1.87 bits per heavy atom. The zero-order valence-electron chi connectivity index (χ0n) is 21.3. The zero-order chi connectivity index (χ0) is 26.5. The molecule has 0 atom stereocenters. The molecule has 1 fully saturated rings. The maximum Gasteiger partial charge on any atom is 0.241 e. The van der Waals surface area contributed by atoms with Crippen molar-refractivity contribution < 1.29 is 18.8 Å². The quantitative estimate of drug-likeness (QED) is 0.283. The highest BCUT2D eigenvalue weighted by atomic mass is 35.5. The summed E-state index contributed by atoms with van der Waals surface area (Å²) in [5.41, 5.74) is 2.61. The fourth-order valence-corrected chi connectivity index (χ4v) is 4.65. The van der Waals surface area contributed by atoms with E-state index >= 15 is 0 Å². The van der Waals surface area contributed by atoms with Crippen molar-refractivity contribution in [1.82, 2.24) is 15.0 Å². The fraction of sp³-hybridized carbons (Fsp3) is 0.276. The molecule has 0 unspecified atom stereocenters. The van der Waals surface area contributed by atoms with E-state index in [0.29, 0.717) is 46.2 Å². The number of halogens is 1. The Morgan fingerprint density at radius 3 is 2.66 bits per heavy atom. The van der Waals surface area contributed by atoms with Gasteiger partial charge in [0.2, 0.25) is 17.6 Å². The predicted octanol–water partition coefficient (Wildman–Crippen LogP) is 6.35. The van der Waals surface area contributed by atoms with Crippen LogP contribution in [0.5, 0.6) is 17.2 Å². The van der Waals surface area contributed by atoms with Crippen LogP contribution in [0, 0.1) is 12.8 Å². The van der Waals surface area contributed by atoms with E-state index in [-0.39, 0.29) is 11.8 Å². The number of hydrogen-bond donors (Lipinski definition) is 1. The molecule has 38 heavy (non-hydrogen) atoms. The number of likely N-dealkylation sites (tertiary alicyclic amines) is 1. The van der Waals surface area contributed by atoms with Crippen LogP contribution in [0.1, 0.15) is 24.3 Å². The monoisotopic (exact) mass is 532 g/mol. The highest BCUT2D eigenvalue weighted by Crippen LogP contribution is 2.34. The average Bonchev–Trinajstić information content (AvgIpc) is 3.39. The van der Waals surface area contributed by atoms with Crippen LogP contribution in [0.25, 0.3) is 11.4 Å². The second-order valence-corrected chi connectivity index (χ2v) is 9.78. The molecule has 9 heteroatoms. The molecule has 1 aliphatic rings. The van der Waals surface area contributed by atoms with Crippen LogP contribution in [0.15, 0.2) is 71.3 Å². The van der Waals surface area contributed by atoms with Crippen molar-refractivity contribution >= 4 is 23.2 Å². The van der Waals surface area contributed by atoms with Crippen molar-refractivity contribution in [1.29, 1.82) is 0 Å². The van der Waals surface area contributed by atoms with Gasteiger partial charge in [-0.2, -0.15) is 4.98 Å². The number of nitrogens with one attached hydrogen (secondary N) is 1. The van der Waals surface area contributed by atoms with E-state index in [9.17, 15) is 4.79 Å². The number of anilines is 1. The summed E-state index contributed by atoms with van der Waals surface area (Å²) in [4.78, 5) is 19.9. The van der Waals surface area contributed by atoms with Gasteiger partial charge in [-0.15, -0.1) is 0 Å². The normalized spacial score (nSPS) is 14.3. The summed E-state index contributed by atoms with van der Waals surface area (Å²) >= 11 is 6.23. The number of amides is 1. The minimum absolute atomic E-state index is 0.0538. The molecule has 0 spiro atoms. The third-order valence-electron chi connectivity index (χ3n) is 6.53. The van der Waals surface area contributed by atoms with Crippen molar-refractivity contribution in [2.75, 3.05) is 25.5 Å². The second-order valence-electron chi connectivity index (χ2n) is 9.34. The summed E-state index contributed by atoms with van der Waals surface area (Å²) in [6.45, 7) is 4.09. The number of aromatic nitrogens is 2. The molecule has 196 valence electrons. The Kier molecular flexibility index (Phi) is 7.91. The first-order chi connectivity index (χ1) is 18.5. The summed E-state index contributed by atoms with van der Waals surface area (Å²) in [5, 5.41) is 7.66. The van der Waals surface area contributed by atoms with Gasteiger partial charge in [0.25, 0.3) is 0 Å². The highest BCUT2D eigenvalue weighted by molar-refractivity contribution is 6.31. The van der Waals surface area contributed by atoms with Gasteiger partial charge < -0.3 is 19.3 Å². The maximum absolute atomic E-state index is 13.1. The van der Waals surface area contributed by atoms with E-state index in [2.05, 4.69) is 20.4 Å². The van der Waals surface area contributed by atoms with Crippen molar-refractivity contribution in [3.05, 3.63) is 83.2 Å². The zero-order valence-corrected chi connectivity index (χ0v) is 22.1. The first kappa shape index (κ1) is 25.8. The van der Waals surface area contributed by atoms with Gasteiger partial charge in [0.1, 0.15) is 11.5 Å². The first-order valence-electron chi connectivity index (χ1n) is 12.5. The smallest absolute Gasteiger partial charge is 0.241 e. The van der Waals surface area contributed by atoms with Gasteiger partial charge in [-0.3, -0.25) is 9.69 Å². The van der Waals surface area contributed by atoms with Crippen LogP contribution in [0.4, 0.5) is 5.69 Å². The molecule has 4 aromatic rings. The predicted molar refractivity (Wildman–Crippen MR) is 146 cm³/mol. The minimum atomic E-state index is -0.125. The maximum atomic E-state index is 13.1. The van der Waals surface area contributed by atoms with Crippen LogP contribution in [-0.4, -0.2) is 41.1 Å². The molecule has 1 N–H and O–H groups in total. The number of carbonyl (C=O) groups excluding carboxylic acids is 1. The number of nitrogens with zero attached hydrogens (tertiary/aromatic N) is 3. The number of hydrogen-bond acceptors (Lipinski definition) is 7. The third kappa shape index (κ3) is 6.33. The van der Waals surface area contributed by atoms with Crippen LogP contribution in [-0.2, 0) is 11.3 Å². The first-order valence-corrected chi connectivity index (χ1v) is 12.9. The number of carbonyl (C=O) groups is 1. The molecule has 8 nitrogen and oxygen atoms in total. The third-order valence-corrected chi connectivity index (χ3v) is 6.77. The molecule has 1 saturated heterocycles. The largest absolute Gasteiger partial charge is 0.497 e. The second kappa shape index (κ2) is 11.7. The van der Waals surface area contributed by atoms with Crippen LogP contribution < -0.4 is 14.8 Å². The summed E-state index contributed by atoms with van der Waals surface area (Å²) < 4.78 is 16.8. The van der Waals surface area contributed by atoms with E-state index < -0.39 is 0 Å². The Morgan fingerprint density at radius 1 is 1.08 bits per heavy atom. The minimum Gasteiger partial charge on any atom is -0.497 e. The van der Waals surface area contributed by atoms with E-state index in [0.717, 1.165) is 37.1 Å². The lowest BCUT2D eigenvalue weighted by Crippen LogP contribution is -2.37. The Bertz CT molecular complexity index is 1420. The topological polar surface area (TPSA) is 89.7 Å². The van der Waals surface area contributed by atoms with Gasteiger partial charge in [-0.1, -0.05) is 46.6 Å². The van der Waals surface area contributed by atoms with Crippen LogP contribution >= 0.6 is 11.6 Å². The molecular formula is C29H29ClN4O4. The van der Waals surface area contributed by atoms with Crippen molar-refractivity contribution in [2.45, 2.75) is 26.3 Å². The molecule has 0 saturated carbocycles.